The fraction of sp³-hybridized carbons (Fsp3) is 0.900. The highest BCUT2D eigenvalue weighted by molar-refractivity contribution is 5.01. The Morgan fingerprint density at radius 1 is 1.33 bits per heavy atom. The Morgan fingerprint density at radius 2 is 2.17 bits per heavy atom. The molecule has 0 radical (unpaired) electrons. The van der Waals surface area contributed by atoms with Crippen molar-refractivity contribution in [1.82, 2.24) is 4.90 Å². The van der Waals surface area contributed by atoms with Crippen molar-refractivity contribution in [3.63, 3.8) is 0 Å². The molecule has 2 fully saturated rings. The van der Waals surface area contributed by atoms with Gasteiger partial charge in [-0.3, -0.25) is 4.90 Å². The molecule has 2 aliphatic heterocycles. The lowest BCUT2D eigenvalue weighted by atomic mass is 9.88. The van der Waals surface area contributed by atoms with Gasteiger partial charge in [0.15, 0.2) is 0 Å². The summed E-state index contributed by atoms with van der Waals surface area (Å²) in [6.07, 6.45) is 4.96. The summed E-state index contributed by atoms with van der Waals surface area (Å²) < 4.78 is 0. The highest BCUT2D eigenvalue weighted by atomic mass is 15.2. The van der Waals surface area contributed by atoms with Gasteiger partial charge in [-0.05, 0) is 38.1 Å². The summed E-state index contributed by atoms with van der Waals surface area (Å²) in [5.74, 6) is 0.817. The van der Waals surface area contributed by atoms with Crippen LogP contribution in [0.1, 0.15) is 32.6 Å². The van der Waals surface area contributed by atoms with Gasteiger partial charge in [0.25, 0.3) is 0 Å². The van der Waals surface area contributed by atoms with E-state index < -0.39 is 0 Å². The molecule has 3 atom stereocenters. The van der Waals surface area contributed by atoms with Crippen LogP contribution in [0.3, 0.4) is 0 Å². The van der Waals surface area contributed by atoms with Gasteiger partial charge in [-0.2, -0.15) is 5.26 Å². The van der Waals surface area contributed by atoms with E-state index in [-0.39, 0.29) is 6.04 Å². The van der Waals surface area contributed by atoms with Gasteiger partial charge < -0.3 is 0 Å². The zero-order chi connectivity index (χ0) is 8.55. The van der Waals surface area contributed by atoms with E-state index in [4.69, 9.17) is 5.26 Å². The van der Waals surface area contributed by atoms with Crippen molar-refractivity contribution in [2.75, 3.05) is 6.54 Å². The highest BCUT2D eigenvalue weighted by Crippen LogP contribution is 2.34. The van der Waals surface area contributed by atoms with Crippen molar-refractivity contribution in [1.29, 1.82) is 5.26 Å². The van der Waals surface area contributed by atoms with Gasteiger partial charge >= 0.3 is 0 Å². The molecule has 0 bridgehead atoms. The van der Waals surface area contributed by atoms with Crippen LogP contribution in [-0.4, -0.2) is 23.5 Å². The lowest BCUT2D eigenvalue weighted by Crippen LogP contribution is -2.45. The van der Waals surface area contributed by atoms with E-state index in [1.807, 2.05) is 0 Å². The van der Waals surface area contributed by atoms with Gasteiger partial charge in [-0.1, -0.05) is 6.92 Å². The summed E-state index contributed by atoms with van der Waals surface area (Å²) in [6.45, 7) is 3.49. The van der Waals surface area contributed by atoms with Crippen molar-refractivity contribution in [2.24, 2.45) is 5.92 Å². The van der Waals surface area contributed by atoms with Crippen LogP contribution in [0.2, 0.25) is 0 Å². The van der Waals surface area contributed by atoms with Crippen LogP contribution in [0.5, 0.6) is 0 Å². The van der Waals surface area contributed by atoms with Gasteiger partial charge in [-0.15, -0.1) is 0 Å². The maximum absolute atomic E-state index is 8.93. The Balaban J connectivity index is 2.12. The molecule has 2 saturated heterocycles. The first-order valence-electron chi connectivity index (χ1n) is 4.98. The monoisotopic (exact) mass is 164 g/mol. The Labute approximate surface area is 74.2 Å². The predicted molar refractivity (Wildman–Crippen MR) is 47.5 cm³/mol. The number of piperidine rings is 1. The number of rotatable bonds is 0. The average molecular weight is 164 g/mol. The molecule has 0 N–H and O–H groups in total. The molecule has 2 rings (SSSR count). The molecule has 1 unspecified atom stereocenters. The first kappa shape index (κ1) is 8.07. The number of hydrogen-bond acceptors (Lipinski definition) is 2. The molecular weight excluding hydrogens is 148 g/mol. The Morgan fingerprint density at radius 3 is 2.92 bits per heavy atom. The Bertz CT molecular complexity index is 206. The van der Waals surface area contributed by atoms with Crippen LogP contribution in [0.25, 0.3) is 0 Å². The molecule has 2 nitrogen and oxygen atoms in total. The van der Waals surface area contributed by atoms with E-state index in [2.05, 4.69) is 17.9 Å². The third kappa shape index (κ3) is 1.13. The van der Waals surface area contributed by atoms with Crippen LogP contribution in [-0.2, 0) is 0 Å². The number of nitriles is 1. The van der Waals surface area contributed by atoms with Crippen LogP contribution in [0.15, 0.2) is 0 Å². The zero-order valence-corrected chi connectivity index (χ0v) is 7.66. The molecule has 0 aliphatic carbocycles. The average Bonchev–Trinajstić information content (AvgIpc) is 2.54. The number of fused-ring (bicyclic) bond motifs is 1. The van der Waals surface area contributed by atoms with Crippen molar-refractivity contribution in [3.05, 3.63) is 0 Å². The molecule has 12 heavy (non-hydrogen) atoms. The summed E-state index contributed by atoms with van der Waals surface area (Å²) in [6, 6.07) is 3.38. The Kier molecular flexibility index (Phi) is 2.06. The first-order chi connectivity index (χ1) is 5.83. The van der Waals surface area contributed by atoms with E-state index in [0.29, 0.717) is 0 Å². The minimum absolute atomic E-state index is 0.230. The topological polar surface area (TPSA) is 27.0 Å². The summed E-state index contributed by atoms with van der Waals surface area (Å²) in [5.41, 5.74) is 0. The Hall–Kier alpha value is -0.550. The summed E-state index contributed by atoms with van der Waals surface area (Å²) in [5, 5.41) is 8.93. The second-order valence-electron chi connectivity index (χ2n) is 4.15. The molecule has 0 spiro atoms. The van der Waals surface area contributed by atoms with E-state index >= 15 is 0 Å². The molecule has 66 valence electrons. The molecule has 0 saturated carbocycles. The predicted octanol–water partition coefficient (Wildman–Crippen LogP) is 1.77. The molecule has 0 amide bonds. The molecule has 0 aromatic carbocycles. The normalized spacial score (nSPS) is 42.2. The van der Waals surface area contributed by atoms with E-state index in [1.54, 1.807) is 0 Å². The van der Waals surface area contributed by atoms with Crippen molar-refractivity contribution in [3.8, 4) is 6.07 Å². The standard InChI is InChI=1S/C10H16N2/c1-8-4-5-9(7-11)12-6-2-3-10(8)12/h8-10H,2-6H2,1H3/t8-,9-,10?/m1/s1. The SMILES string of the molecule is C[C@@H]1CC[C@H](C#N)N2CCCC12. The van der Waals surface area contributed by atoms with Crippen molar-refractivity contribution >= 4 is 0 Å². The van der Waals surface area contributed by atoms with Gasteiger partial charge in [0, 0.05) is 6.04 Å². The summed E-state index contributed by atoms with van der Waals surface area (Å²) >= 11 is 0. The number of nitrogens with zero attached hydrogens (tertiary/aromatic N) is 2. The highest BCUT2D eigenvalue weighted by Gasteiger charge is 2.37. The van der Waals surface area contributed by atoms with Crippen LogP contribution in [0.4, 0.5) is 0 Å². The molecular formula is C10H16N2. The van der Waals surface area contributed by atoms with Gasteiger partial charge in [0.2, 0.25) is 0 Å². The van der Waals surface area contributed by atoms with Crippen LogP contribution < -0.4 is 0 Å². The van der Waals surface area contributed by atoms with Crippen molar-refractivity contribution < 1.29 is 0 Å². The minimum Gasteiger partial charge on any atom is -0.285 e. The van der Waals surface area contributed by atoms with Gasteiger partial charge in [0.1, 0.15) is 0 Å². The van der Waals surface area contributed by atoms with E-state index in [0.717, 1.165) is 24.9 Å². The lowest BCUT2D eigenvalue weighted by Gasteiger charge is -2.38. The van der Waals surface area contributed by atoms with Crippen LogP contribution in [0, 0.1) is 17.2 Å². The number of hydrogen-bond donors (Lipinski definition) is 0. The third-order valence-corrected chi connectivity index (χ3v) is 3.44. The molecule has 2 heterocycles. The second kappa shape index (κ2) is 3.06. The van der Waals surface area contributed by atoms with Crippen LogP contribution >= 0.6 is 0 Å². The molecule has 0 aromatic rings. The maximum Gasteiger partial charge on any atom is 0.0980 e. The smallest absolute Gasteiger partial charge is 0.0980 e. The van der Waals surface area contributed by atoms with E-state index in [9.17, 15) is 0 Å². The fourth-order valence-electron chi connectivity index (χ4n) is 2.73. The minimum atomic E-state index is 0.230. The van der Waals surface area contributed by atoms with E-state index in [1.165, 1.54) is 19.3 Å². The lowest BCUT2D eigenvalue weighted by molar-refractivity contribution is 0.110. The fourth-order valence-corrected chi connectivity index (χ4v) is 2.73. The summed E-state index contributed by atoms with van der Waals surface area (Å²) in [4.78, 5) is 2.42. The molecule has 2 aliphatic rings. The third-order valence-electron chi connectivity index (χ3n) is 3.44. The summed E-state index contributed by atoms with van der Waals surface area (Å²) in [7, 11) is 0. The molecule has 2 heteroatoms. The molecule has 0 aromatic heterocycles. The quantitative estimate of drug-likeness (QED) is 0.545. The maximum atomic E-state index is 8.93. The van der Waals surface area contributed by atoms with Crippen molar-refractivity contribution in [2.45, 2.75) is 44.7 Å². The van der Waals surface area contributed by atoms with Gasteiger partial charge in [0.05, 0.1) is 12.1 Å². The van der Waals surface area contributed by atoms with Gasteiger partial charge in [-0.25, -0.2) is 0 Å². The largest absolute Gasteiger partial charge is 0.285 e. The second-order valence-corrected chi connectivity index (χ2v) is 4.15. The zero-order valence-electron chi connectivity index (χ0n) is 7.66. The first-order valence-corrected chi connectivity index (χ1v) is 4.98.